The van der Waals surface area contributed by atoms with Gasteiger partial charge in [0.05, 0.1) is 29.7 Å². The minimum absolute atomic E-state index is 0.279. The third-order valence-electron chi connectivity index (χ3n) is 2.61. The Morgan fingerprint density at radius 1 is 1.41 bits per heavy atom. The quantitative estimate of drug-likeness (QED) is 0.646. The molecule has 0 aliphatic carbocycles. The summed E-state index contributed by atoms with van der Waals surface area (Å²) in [5.74, 6) is 5.21. The number of hydrazine groups is 1. The van der Waals surface area contributed by atoms with Gasteiger partial charge in [-0.1, -0.05) is 6.07 Å². The van der Waals surface area contributed by atoms with E-state index >= 15 is 0 Å². The van der Waals surface area contributed by atoms with Crippen molar-refractivity contribution in [3.63, 3.8) is 0 Å². The molecule has 1 aromatic carbocycles. The van der Waals surface area contributed by atoms with Gasteiger partial charge in [0, 0.05) is 5.56 Å². The fraction of sp³-hybridized carbons (Fsp3) is 0.273. The van der Waals surface area contributed by atoms with Crippen LogP contribution in [0.1, 0.15) is 28.4 Å². The van der Waals surface area contributed by atoms with Crippen LogP contribution in [0.5, 0.6) is 0 Å². The molecular formula is C11H13FN4S. The largest absolute Gasteiger partial charge is 0.271 e. The summed E-state index contributed by atoms with van der Waals surface area (Å²) in [5.41, 5.74) is 5.46. The average Bonchev–Trinajstić information content (AvgIpc) is 2.76. The summed E-state index contributed by atoms with van der Waals surface area (Å²) in [4.78, 5) is 0. The molecule has 4 nitrogen and oxygen atoms in total. The molecule has 0 bridgehead atoms. The van der Waals surface area contributed by atoms with Crippen LogP contribution < -0.4 is 11.3 Å². The van der Waals surface area contributed by atoms with E-state index in [9.17, 15) is 4.39 Å². The number of nitrogens with two attached hydrogens (primary N) is 1. The average molecular weight is 252 g/mol. The second kappa shape index (κ2) is 4.87. The molecule has 0 fully saturated rings. The van der Waals surface area contributed by atoms with Gasteiger partial charge in [0.15, 0.2) is 0 Å². The maximum atomic E-state index is 14.0. The van der Waals surface area contributed by atoms with Crippen LogP contribution in [0.4, 0.5) is 4.39 Å². The smallest absolute Gasteiger partial charge is 0.128 e. The molecule has 0 aliphatic rings. The molecule has 1 aromatic heterocycles. The van der Waals surface area contributed by atoms with Crippen molar-refractivity contribution >= 4 is 11.7 Å². The normalized spacial score (nSPS) is 12.7. The van der Waals surface area contributed by atoms with Crippen molar-refractivity contribution in [1.29, 1.82) is 0 Å². The van der Waals surface area contributed by atoms with Crippen molar-refractivity contribution in [1.82, 2.24) is 14.2 Å². The second-order valence-electron chi connectivity index (χ2n) is 3.91. The predicted octanol–water partition coefficient (Wildman–Crippen LogP) is 1.85. The molecule has 3 N–H and O–H groups in total. The van der Waals surface area contributed by atoms with Crippen LogP contribution in [0.3, 0.4) is 0 Å². The molecule has 90 valence electrons. The first-order valence-electron chi connectivity index (χ1n) is 5.13. The molecule has 0 amide bonds. The Kier molecular flexibility index (Phi) is 3.46. The third kappa shape index (κ3) is 2.33. The Morgan fingerprint density at radius 2 is 2.18 bits per heavy atom. The Labute approximate surface area is 103 Å². The van der Waals surface area contributed by atoms with Crippen LogP contribution in [0, 0.1) is 19.7 Å². The number of rotatable bonds is 3. The summed E-state index contributed by atoms with van der Waals surface area (Å²) in [6.07, 6.45) is 1.59. The number of halogens is 1. The topological polar surface area (TPSA) is 63.8 Å². The monoisotopic (exact) mass is 252 g/mol. The van der Waals surface area contributed by atoms with Gasteiger partial charge in [-0.05, 0) is 31.0 Å². The first-order valence-corrected chi connectivity index (χ1v) is 5.86. The van der Waals surface area contributed by atoms with Crippen molar-refractivity contribution in [3.8, 4) is 0 Å². The lowest BCUT2D eigenvalue weighted by molar-refractivity contribution is 0.551. The van der Waals surface area contributed by atoms with Crippen LogP contribution in [0.2, 0.25) is 0 Å². The van der Waals surface area contributed by atoms with Gasteiger partial charge in [-0.15, -0.1) is 0 Å². The fourth-order valence-electron chi connectivity index (χ4n) is 1.91. The number of hydrogen-bond acceptors (Lipinski definition) is 5. The van der Waals surface area contributed by atoms with E-state index < -0.39 is 6.04 Å². The Bertz CT molecular complexity index is 489. The van der Waals surface area contributed by atoms with Gasteiger partial charge in [0.25, 0.3) is 0 Å². The van der Waals surface area contributed by atoms with E-state index in [1.165, 1.54) is 6.07 Å². The van der Waals surface area contributed by atoms with E-state index in [0.717, 1.165) is 22.9 Å². The van der Waals surface area contributed by atoms with E-state index in [-0.39, 0.29) is 5.82 Å². The highest BCUT2D eigenvalue weighted by atomic mass is 32.1. The van der Waals surface area contributed by atoms with Gasteiger partial charge < -0.3 is 0 Å². The third-order valence-corrected chi connectivity index (χ3v) is 3.10. The summed E-state index contributed by atoms with van der Waals surface area (Å²) in [6.45, 7) is 3.71. The van der Waals surface area contributed by atoms with Crippen molar-refractivity contribution in [2.45, 2.75) is 19.9 Å². The standard InChI is InChI=1S/C11H13FN4S/c1-6-3-7(2)10(8(12)4-6)11(15-13)9-5-14-17-16-9/h3-5,11,15H,13H2,1-2H3. The van der Waals surface area contributed by atoms with Crippen LogP contribution >= 0.6 is 11.7 Å². The van der Waals surface area contributed by atoms with E-state index in [0.29, 0.717) is 11.3 Å². The molecule has 1 heterocycles. The Balaban J connectivity index is 2.52. The molecule has 6 heteroatoms. The van der Waals surface area contributed by atoms with Gasteiger partial charge in [0.1, 0.15) is 5.82 Å². The van der Waals surface area contributed by atoms with Crippen molar-refractivity contribution in [3.05, 3.63) is 46.5 Å². The predicted molar refractivity (Wildman–Crippen MR) is 64.9 cm³/mol. The molecule has 0 spiro atoms. The molecule has 17 heavy (non-hydrogen) atoms. The summed E-state index contributed by atoms with van der Waals surface area (Å²) in [7, 11) is 0. The lowest BCUT2D eigenvalue weighted by Crippen LogP contribution is -2.30. The van der Waals surface area contributed by atoms with Gasteiger partial charge >= 0.3 is 0 Å². The van der Waals surface area contributed by atoms with Crippen molar-refractivity contribution in [2.75, 3.05) is 0 Å². The second-order valence-corrected chi connectivity index (χ2v) is 4.47. The van der Waals surface area contributed by atoms with Gasteiger partial charge in [-0.3, -0.25) is 5.84 Å². The Hall–Kier alpha value is -1.37. The van der Waals surface area contributed by atoms with Crippen LogP contribution in [-0.2, 0) is 0 Å². The summed E-state index contributed by atoms with van der Waals surface area (Å²) in [5, 5.41) is 0. The number of benzene rings is 1. The molecule has 1 unspecified atom stereocenters. The molecular weight excluding hydrogens is 239 g/mol. The zero-order valence-electron chi connectivity index (χ0n) is 9.57. The van der Waals surface area contributed by atoms with E-state index in [1.807, 2.05) is 19.9 Å². The molecule has 1 atom stereocenters. The summed E-state index contributed by atoms with van der Waals surface area (Å²) < 4.78 is 22.0. The molecule has 0 saturated carbocycles. The number of nitrogens with one attached hydrogen (secondary N) is 1. The minimum atomic E-state index is -0.464. The highest BCUT2D eigenvalue weighted by Crippen LogP contribution is 2.26. The van der Waals surface area contributed by atoms with Gasteiger partial charge in [-0.25, -0.2) is 9.82 Å². The first-order chi connectivity index (χ1) is 8.13. The van der Waals surface area contributed by atoms with Gasteiger partial charge in [-0.2, -0.15) is 8.75 Å². The zero-order valence-corrected chi connectivity index (χ0v) is 10.4. The van der Waals surface area contributed by atoms with Crippen molar-refractivity contribution in [2.24, 2.45) is 5.84 Å². The molecule has 2 rings (SSSR count). The van der Waals surface area contributed by atoms with E-state index in [4.69, 9.17) is 5.84 Å². The number of nitrogens with zero attached hydrogens (tertiary/aromatic N) is 2. The van der Waals surface area contributed by atoms with Gasteiger partial charge in [0.2, 0.25) is 0 Å². The highest BCUT2D eigenvalue weighted by molar-refractivity contribution is 6.99. The first kappa shape index (κ1) is 12.1. The fourth-order valence-corrected chi connectivity index (χ4v) is 2.36. The highest BCUT2D eigenvalue weighted by Gasteiger charge is 2.21. The van der Waals surface area contributed by atoms with E-state index in [1.54, 1.807) is 6.20 Å². The van der Waals surface area contributed by atoms with Crippen LogP contribution in [0.15, 0.2) is 18.3 Å². The zero-order chi connectivity index (χ0) is 12.4. The number of hydrogen-bond donors (Lipinski definition) is 2. The lowest BCUT2D eigenvalue weighted by atomic mass is 9.97. The minimum Gasteiger partial charge on any atom is -0.271 e. The van der Waals surface area contributed by atoms with E-state index in [2.05, 4.69) is 14.2 Å². The number of aromatic nitrogens is 2. The maximum Gasteiger partial charge on any atom is 0.128 e. The number of aryl methyl sites for hydroxylation is 2. The Morgan fingerprint density at radius 3 is 2.71 bits per heavy atom. The maximum absolute atomic E-state index is 14.0. The summed E-state index contributed by atoms with van der Waals surface area (Å²) >= 11 is 1.07. The molecule has 0 aliphatic heterocycles. The molecule has 0 radical (unpaired) electrons. The van der Waals surface area contributed by atoms with Crippen LogP contribution in [-0.4, -0.2) is 8.75 Å². The lowest BCUT2D eigenvalue weighted by Gasteiger charge is -2.17. The van der Waals surface area contributed by atoms with Crippen molar-refractivity contribution < 1.29 is 4.39 Å². The SMILES string of the molecule is Cc1cc(C)c(C(NN)c2cnsn2)c(F)c1. The van der Waals surface area contributed by atoms with Crippen LogP contribution in [0.25, 0.3) is 0 Å². The molecule has 0 saturated heterocycles. The molecule has 2 aromatic rings. The summed E-state index contributed by atoms with van der Waals surface area (Å²) in [6, 6.07) is 2.95.